The first-order valence-electron chi connectivity index (χ1n) is 8.96. The Morgan fingerprint density at radius 3 is 2.96 bits per heavy atom. The molecular formula is C19H23N7O. The highest BCUT2D eigenvalue weighted by Crippen LogP contribution is 2.22. The Bertz CT molecular complexity index is 1040. The van der Waals surface area contributed by atoms with Crippen LogP contribution in [0, 0.1) is 0 Å². The monoisotopic (exact) mass is 365 g/mol. The number of methoxy groups -OCH3 is 1. The highest BCUT2D eigenvalue weighted by Gasteiger charge is 2.13. The van der Waals surface area contributed by atoms with E-state index in [0.717, 1.165) is 29.8 Å². The van der Waals surface area contributed by atoms with Crippen LogP contribution in [0.3, 0.4) is 0 Å². The predicted molar refractivity (Wildman–Crippen MR) is 107 cm³/mol. The summed E-state index contributed by atoms with van der Waals surface area (Å²) in [5.41, 5.74) is 3.91. The van der Waals surface area contributed by atoms with Gasteiger partial charge in [0, 0.05) is 44.3 Å². The molecule has 0 amide bonds. The largest absolute Gasteiger partial charge is 0.383 e. The minimum atomic E-state index is 0.603. The van der Waals surface area contributed by atoms with Gasteiger partial charge >= 0.3 is 0 Å². The second-order valence-corrected chi connectivity index (χ2v) is 6.42. The van der Waals surface area contributed by atoms with Crippen LogP contribution >= 0.6 is 0 Å². The molecule has 4 rings (SSSR count). The lowest BCUT2D eigenvalue weighted by molar-refractivity contribution is 0.210. The van der Waals surface area contributed by atoms with E-state index in [2.05, 4.69) is 59.5 Å². The van der Waals surface area contributed by atoms with Gasteiger partial charge in [0.05, 0.1) is 12.9 Å². The third kappa shape index (κ3) is 3.56. The number of imidazole rings is 1. The molecule has 0 saturated heterocycles. The Morgan fingerprint density at radius 1 is 1.19 bits per heavy atom. The van der Waals surface area contributed by atoms with Crippen molar-refractivity contribution < 1.29 is 4.74 Å². The van der Waals surface area contributed by atoms with Gasteiger partial charge in [0.1, 0.15) is 5.52 Å². The minimum Gasteiger partial charge on any atom is -0.383 e. The molecule has 0 atom stereocenters. The molecule has 3 N–H and O–H groups in total. The molecule has 0 radical (unpaired) electrons. The van der Waals surface area contributed by atoms with Gasteiger partial charge in [-0.15, -0.1) is 0 Å². The Hall–Kier alpha value is -3.13. The topological polar surface area (TPSA) is 94.8 Å². The summed E-state index contributed by atoms with van der Waals surface area (Å²) < 4.78 is 5.10. The van der Waals surface area contributed by atoms with E-state index < -0.39 is 0 Å². The molecule has 0 aliphatic carbocycles. The van der Waals surface area contributed by atoms with Crippen molar-refractivity contribution in [3.63, 3.8) is 0 Å². The number of aromatic nitrogens is 5. The number of nitrogens with zero attached hydrogens (tertiary/aromatic N) is 4. The molecule has 0 unspecified atom stereocenters. The van der Waals surface area contributed by atoms with Crippen LogP contribution in [0.1, 0.15) is 5.56 Å². The molecule has 0 spiro atoms. The zero-order valence-corrected chi connectivity index (χ0v) is 15.5. The van der Waals surface area contributed by atoms with Crippen molar-refractivity contribution in [1.29, 1.82) is 0 Å². The van der Waals surface area contributed by atoms with E-state index >= 15 is 0 Å². The number of rotatable bonds is 8. The van der Waals surface area contributed by atoms with Crippen molar-refractivity contribution in [2.45, 2.75) is 6.42 Å². The second-order valence-electron chi connectivity index (χ2n) is 6.42. The first kappa shape index (κ1) is 17.3. The molecule has 140 valence electrons. The normalized spacial score (nSPS) is 11.3. The Kier molecular flexibility index (Phi) is 4.88. The van der Waals surface area contributed by atoms with Crippen LogP contribution in [0.2, 0.25) is 0 Å². The summed E-state index contributed by atoms with van der Waals surface area (Å²) in [5, 5.41) is 4.55. The molecule has 3 heterocycles. The molecular weight excluding hydrogens is 342 g/mol. The van der Waals surface area contributed by atoms with Crippen molar-refractivity contribution in [3.8, 4) is 0 Å². The Balaban J connectivity index is 1.52. The van der Waals surface area contributed by atoms with Crippen LogP contribution in [-0.4, -0.2) is 58.8 Å². The summed E-state index contributed by atoms with van der Waals surface area (Å²) in [6.45, 7) is 2.07. The zero-order valence-electron chi connectivity index (χ0n) is 15.5. The van der Waals surface area contributed by atoms with Crippen molar-refractivity contribution in [1.82, 2.24) is 24.9 Å². The summed E-state index contributed by atoms with van der Waals surface area (Å²) >= 11 is 0. The number of benzene rings is 1. The number of hydrogen-bond donors (Lipinski definition) is 3. The first-order chi connectivity index (χ1) is 13.3. The quantitative estimate of drug-likeness (QED) is 0.416. The number of hydrogen-bond acceptors (Lipinski definition) is 6. The van der Waals surface area contributed by atoms with Crippen LogP contribution in [0.5, 0.6) is 0 Å². The minimum absolute atomic E-state index is 0.603. The highest BCUT2D eigenvalue weighted by atomic mass is 16.5. The summed E-state index contributed by atoms with van der Waals surface area (Å²) in [6, 6.07) is 8.34. The molecule has 3 aromatic heterocycles. The standard InChI is InChI=1S/C19H23N7O/c1-26(9-7-13-11-21-15-6-4-3-5-14(13)15)19-24-17(20-8-10-27-2)16-18(25-19)23-12-22-16/h3-6,11-12,21H,7-10H2,1-2H3,(H2,20,22,23,24,25). The smallest absolute Gasteiger partial charge is 0.229 e. The maximum absolute atomic E-state index is 5.10. The molecule has 0 fully saturated rings. The lowest BCUT2D eigenvalue weighted by atomic mass is 10.1. The second kappa shape index (κ2) is 7.63. The molecule has 27 heavy (non-hydrogen) atoms. The molecule has 0 aliphatic heterocycles. The number of ether oxygens (including phenoxy) is 1. The van der Waals surface area contributed by atoms with Crippen LogP contribution in [0.4, 0.5) is 11.8 Å². The number of nitrogens with one attached hydrogen (secondary N) is 3. The summed E-state index contributed by atoms with van der Waals surface area (Å²) in [7, 11) is 3.68. The Morgan fingerprint density at radius 2 is 2.07 bits per heavy atom. The molecule has 8 heteroatoms. The van der Waals surface area contributed by atoms with Crippen LogP contribution in [0.15, 0.2) is 36.8 Å². The van der Waals surface area contributed by atoms with Crippen LogP contribution in [-0.2, 0) is 11.2 Å². The van der Waals surface area contributed by atoms with Gasteiger partial charge in [0.25, 0.3) is 0 Å². The molecule has 0 saturated carbocycles. The van der Waals surface area contributed by atoms with Crippen LogP contribution < -0.4 is 10.2 Å². The summed E-state index contributed by atoms with van der Waals surface area (Å²) in [5.74, 6) is 1.39. The lowest BCUT2D eigenvalue weighted by Gasteiger charge is -2.18. The number of H-pyrrole nitrogens is 2. The first-order valence-corrected chi connectivity index (χ1v) is 8.96. The SMILES string of the molecule is COCCNc1nc(N(C)CCc2c[nH]c3ccccc23)nc2nc[nH]c12. The van der Waals surface area contributed by atoms with Crippen molar-refractivity contribution in [2.24, 2.45) is 0 Å². The van der Waals surface area contributed by atoms with Gasteiger partial charge in [-0.1, -0.05) is 18.2 Å². The van der Waals surface area contributed by atoms with Crippen molar-refractivity contribution in [2.75, 3.05) is 44.1 Å². The fourth-order valence-electron chi connectivity index (χ4n) is 3.12. The predicted octanol–water partition coefficient (Wildman–Crippen LogP) is 2.57. The van der Waals surface area contributed by atoms with E-state index in [1.807, 2.05) is 13.1 Å². The molecule has 4 aromatic rings. The van der Waals surface area contributed by atoms with Gasteiger partial charge < -0.3 is 24.9 Å². The fraction of sp³-hybridized carbons (Fsp3) is 0.316. The summed E-state index contributed by atoms with van der Waals surface area (Å²) in [4.78, 5) is 22.0. The van der Waals surface area contributed by atoms with E-state index in [9.17, 15) is 0 Å². The molecule has 8 nitrogen and oxygen atoms in total. The van der Waals surface area contributed by atoms with Gasteiger partial charge in [-0.3, -0.25) is 0 Å². The van der Waals surface area contributed by atoms with E-state index in [-0.39, 0.29) is 0 Å². The third-order valence-corrected chi connectivity index (χ3v) is 4.61. The van der Waals surface area contributed by atoms with E-state index in [0.29, 0.717) is 24.7 Å². The molecule has 0 bridgehead atoms. The number of aromatic amines is 2. The summed E-state index contributed by atoms with van der Waals surface area (Å²) in [6.07, 6.45) is 4.61. The molecule has 1 aromatic carbocycles. The average Bonchev–Trinajstić information content (AvgIpc) is 3.33. The Labute approximate surface area is 157 Å². The van der Waals surface area contributed by atoms with E-state index in [1.54, 1.807) is 13.4 Å². The van der Waals surface area contributed by atoms with Crippen LogP contribution in [0.25, 0.3) is 22.1 Å². The average molecular weight is 365 g/mol. The fourth-order valence-corrected chi connectivity index (χ4v) is 3.12. The van der Waals surface area contributed by atoms with Gasteiger partial charge in [0.15, 0.2) is 11.5 Å². The number of anilines is 2. The lowest BCUT2D eigenvalue weighted by Crippen LogP contribution is -2.23. The van der Waals surface area contributed by atoms with Crippen molar-refractivity contribution in [3.05, 3.63) is 42.4 Å². The van der Waals surface area contributed by atoms with E-state index in [1.165, 1.54) is 10.9 Å². The van der Waals surface area contributed by atoms with E-state index in [4.69, 9.17) is 4.74 Å². The zero-order chi connectivity index (χ0) is 18.6. The number of fused-ring (bicyclic) bond motifs is 2. The number of para-hydroxylation sites is 1. The maximum Gasteiger partial charge on any atom is 0.229 e. The van der Waals surface area contributed by atoms with Gasteiger partial charge in [-0.2, -0.15) is 9.97 Å². The molecule has 0 aliphatic rings. The van der Waals surface area contributed by atoms with Gasteiger partial charge in [0.2, 0.25) is 5.95 Å². The number of likely N-dealkylation sites (N-methyl/N-ethyl adjacent to an activating group) is 1. The highest BCUT2D eigenvalue weighted by molar-refractivity contribution is 5.84. The third-order valence-electron chi connectivity index (χ3n) is 4.61. The van der Waals surface area contributed by atoms with Gasteiger partial charge in [-0.05, 0) is 18.1 Å². The maximum atomic E-state index is 5.10. The van der Waals surface area contributed by atoms with Crippen molar-refractivity contribution >= 4 is 33.8 Å². The van der Waals surface area contributed by atoms with Gasteiger partial charge in [-0.25, -0.2) is 4.98 Å².